The Morgan fingerprint density at radius 3 is 2.14 bits per heavy atom. The lowest BCUT2D eigenvalue weighted by Gasteiger charge is -2.20. The number of carbonyl (C=O) groups is 1. The zero-order valence-electron chi connectivity index (χ0n) is 16.0. The van der Waals surface area contributed by atoms with Gasteiger partial charge in [-0.25, -0.2) is 4.79 Å². The fourth-order valence-corrected chi connectivity index (χ4v) is 2.98. The van der Waals surface area contributed by atoms with Crippen LogP contribution in [0.4, 0.5) is 0 Å². The Labute approximate surface area is 165 Å². The Kier molecular flexibility index (Phi) is 6.33. The van der Waals surface area contributed by atoms with Crippen LogP contribution in [-0.4, -0.2) is 17.2 Å². The Hall–Kier alpha value is -3.27. The molecule has 0 aliphatic carbocycles. The molecule has 0 amide bonds. The SMILES string of the molecule is CC(C)c1ccccc1OC(Cc1ccccc1Oc1ccccc1)C(=O)O. The van der Waals surface area contributed by atoms with E-state index >= 15 is 0 Å². The molecule has 144 valence electrons. The van der Waals surface area contributed by atoms with Crippen LogP contribution < -0.4 is 9.47 Å². The van der Waals surface area contributed by atoms with Gasteiger partial charge in [0.2, 0.25) is 0 Å². The second-order valence-corrected chi connectivity index (χ2v) is 6.86. The minimum Gasteiger partial charge on any atom is -0.478 e. The number of hydrogen-bond donors (Lipinski definition) is 1. The van der Waals surface area contributed by atoms with Crippen LogP contribution in [-0.2, 0) is 11.2 Å². The molecule has 0 saturated carbocycles. The van der Waals surface area contributed by atoms with Crippen molar-refractivity contribution >= 4 is 5.97 Å². The van der Waals surface area contributed by atoms with Crippen LogP contribution >= 0.6 is 0 Å². The third-order valence-electron chi connectivity index (χ3n) is 4.43. The molecule has 1 unspecified atom stereocenters. The quantitative estimate of drug-likeness (QED) is 0.550. The molecule has 0 radical (unpaired) electrons. The summed E-state index contributed by atoms with van der Waals surface area (Å²) in [6, 6.07) is 24.4. The van der Waals surface area contributed by atoms with Crippen molar-refractivity contribution in [3.05, 3.63) is 90.0 Å². The van der Waals surface area contributed by atoms with Crippen LogP contribution in [0, 0.1) is 0 Å². The van der Waals surface area contributed by atoms with Crippen molar-refractivity contribution in [2.45, 2.75) is 32.3 Å². The maximum atomic E-state index is 11.9. The van der Waals surface area contributed by atoms with Crippen molar-refractivity contribution in [3.8, 4) is 17.2 Å². The normalized spacial score (nSPS) is 11.8. The molecular formula is C24H24O4. The van der Waals surface area contributed by atoms with Crippen LogP contribution in [0.3, 0.4) is 0 Å². The summed E-state index contributed by atoms with van der Waals surface area (Å²) in [5.41, 5.74) is 1.77. The zero-order valence-corrected chi connectivity index (χ0v) is 16.0. The van der Waals surface area contributed by atoms with Crippen molar-refractivity contribution < 1.29 is 19.4 Å². The van der Waals surface area contributed by atoms with Crippen LogP contribution in [0.15, 0.2) is 78.9 Å². The molecule has 0 spiro atoms. The third kappa shape index (κ3) is 4.92. The predicted octanol–water partition coefficient (Wildman–Crippen LogP) is 5.68. The molecule has 3 aromatic carbocycles. The molecule has 0 aliphatic rings. The van der Waals surface area contributed by atoms with Crippen molar-refractivity contribution in [2.75, 3.05) is 0 Å². The van der Waals surface area contributed by atoms with Gasteiger partial charge in [-0.1, -0.05) is 68.4 Å². The maximum Gasteiger partial charge on any atom is 0.345 e. The molecule has 28 heavy (non-hydrogen) atoms. The van der Waals surface area contributed by atoms with Crippen LogP contribution in [0.2, 0.25) is 0 Å². The van der Waals surface area contributed by atoms with Gasteiger partial charge in [0.05, 0.1) is 0 Å². The first-order valence-electron chi connectivity index (χ1n) is 9.34. The first kappa shape index (κ1) is 19.5. The Morgan fingerprint density at radius 2 is 1.46 bits per heavy atom. The van der Waals surface area contributed by atoms with Crippen LogP contribution in [0.5, 0.6) is 17.2 Å². The number of para-hydroxylation sites is 3. The number of rotatable bonds is 8. The van der Waals surface area contributed by atoms with Crippen molar-refractivity contribution in [1.82, 2.24) is 0 Å². The van der Waals surface area contributed by atoms with Gasteiger partial charge in [-0.05, 0) is 41.3 Å². The summed E-state index contributed by atoms with van der Waals surface area (Å²) in [4.78, 5) is 11.9. The highest BCUT2D eigenvalue weighted by Crippen LogP contribution is 2.30. The highest BCUT2D eigenvalue weighted by Gasteiger charge is 2.23. The Balaban J connectivity index is 1.83. The van der Waals surface area contributed by atoms with Crippen LogP contribution in [0.1, 0.15) is 30.9 Å². The van der Waals surface area contributed by atoms with Gasteiger partial charge in [-0.3, -0.25) is 0 Å². The number of hydrogen-bond acceptors (Lipinski definition) is 3. The summed E-state index contributed by atoms with van der Waals surface area (Å²) in [5, 5.41) is 9.74. The van der Waals surface area contributed by atoms with Gasteiger partial charge in [-0.2, -0.15) is 0 Å². The van der Waals surface area contributed by atoms with E-state index in [1.54, 1.807) is 0 Å². The van der Waals surface area contributed by atoms with E-state index in [2.05, 4.69) is 13.8 Å². The summed E-state index contributed by atoms with van der Waals surface area (Å²) >= 11 is 0. The fourth-order valence-electron chi connectivity index (χ4n) is 2.98. The molecule has 4 heteroatoms. The van der Waals surface area contributed by atoms with E-state index in [-0.39, 0.29) is 12.3 Å². The van der Waals surface area contributed by atoms with Crippen molar-refractivity contribution in [2.24, 2.45) is 0 Å². The predicted molar refractivity (Wildman–Crippen MR) is 109 cm³/mol. The molecule has 0 saturated heterocycles. The number of benzene rings is 3. The van der Waals surface area contributed by atoms with E-state index in [0.29, 0.717) is 17.2 Å². The van der Waals surface area contributed by atoms with Gasteiger partial charge in [0.15, 0.2) is 6.10 Å². The first-order valence-corrected chi connectivity index (χ1v) is 9.34. The maximum absolute atomic E-state index is 11.9. The van der Waals surface area contributed by atoms with E-state index in [1.807, 2.05) is 78.9 Å². The van der Waals surface area contributed by atoms with E-state index < -0.39 is 12.1 Å². The molecule has 0 bridgehead atoms. The minimum atomic E-state index is -1.01. The summed E-state index contributed by atoms with van der Waals surface area (Å²) in [6.45, 7) is 4.11. The molecular weight excluding hydrogens is 352 g/mol. The molecule has 4 nitrogen and oxygen atoms in total. The van der Waals surface area contributed by atoms with Gasteiger partial charge in [-0.15, -0.1) is 0 Å². The number of ether oxygens (including phenoxy) is 2. The smallest absolute Gasteiger partial charge is 0.345 e. The molecule has 1 atom stereocenters. The lowest BCUT2D eigenvalue weighted by Crippen LogP contribution is -2.30. The van der Waals surface area contributed by atoms with Gasteiger partial charge in [0.25, 0.3) is 0 Å². The minimum absolute atomic E-state index is 0.199. The molecule has 0 aliphatic heterocycles. The van der Waals surface area contributed by atoms with Crippen LogP contribution in [0.25, 0.3) is 0 Å². The van der Waals surface area contributed by atoms with Gasteiger partial charge in [0, 0.05) is 6.42 Å². The molecule has 3 aromatic rings. The highest BCUT2D eigenvalue weighted by molar-refractivity contribution is 5.73. The highest BCUT2D eigenvalue weighted by atomic mass is 16.5. The summed E-state index contributed by atoms with van der Waals surface area (Å²) < 4.78 is 11.9. The second-order valence-electron chi connectivity index (χ2n) is 6.86. The van der Waals surface area contributed by atoms with Crippen molar-refractivity contribution in [3.63, 3.8) is 0 Å². The molecule has 0 fully saturated rings. The molecule has 1 N–H and O–H groups in total. The summed E-state index contributed by atoms with van der Waals surface area (Å²) in [6.07, 6.45) is -0.814. The lowest BCUT2D eigenvalue weighted by atomic mass is 10.0. The van der Waals surface area contributed by atoms with Gasteiger partial charge in [0.1, 0.15) is 17.2 Å². The Morgan fingerprint density at radius 1 is 0.857 bits per heavy atom. The average molecular weight is 376 g/mol. The Bertz CT molecular complexity index is 919. The summed E-state index contributed by atoms with van der Waals surface area (Å²) in [5.74, 6) is 1.16. The number of carboxylic acid groups (broad SMARTS) is 1. The number of carboxylic acids is 1. The average Bonchev–Trinajstić information content (AvgIpc) is 2.70. The van der Waals surface area contributed by atoms with E-state index in [0.717, 1.165) is 11.1 Å². The molecule has 0 heterocycles. The van der Waals surface area contributed by atoms with E-state index in [9.17, 15) is 9.90 Å². The fraction of sp³-hybridized carbons (Fsp3) is 0.208. The van der Waals surface area contributed by atoms with Gasteiger partial charge < -0.3 is 14.6 Å². The summed E-state index contributed by atoms with van der Waals surface area (Å²) in [7, 11) is 0. The largest absolute Gasteiger partial charge is 0.478 e. The zero-order chi connectivity index (χ0) is 19.9. The number of aliphatic carboxylic acids is 1. The topological polar surface area (TPSA) is 55.8 Å². The monoisotopic (exact) mass is 376 g/mol. The standard InChI is InChI=1S/C24H24O4/c1-17(2)20-13-7-9-15-22(20)28-23(24(25)26)16-18-10-6-8-14-21(18)27-19-11-4-3-5-12-19/h3-15,17,23H,16H2,1-2H3,(H,25,26). The second kappa shape index (κ2) is 9.09. The van der Waals surface area contributed by atoms with E-state index in [1.165, 1.54) is 0 Å². The lowest BCUT2D eigenvalue weighted by molar-refractivity contribution is -0.145. The molecule has 3 rings (SSSR count). The van der Waals surface area contributed by atoms with Gasteiger partial charge >= 0.3 is 5.97 Å². The third-order valence-corrected chi connectivity index (χ3v) is 4.43. The molecule has 0 aromatic heterocycles. The van der Waals surface area contributed by atoms with E-state index in [4.69, 9.17) is 9.47 Å². The first-order chi connectivity index (χ1) is 13.5. The van der Waals surface area contributed by atoms with Crippen molar-refractivity contribution in [1.29, 1.82) is 0 Å².